The van der Waals surface area contributed by atoms with Crippen LogP contribution in [0.15, 0.2) is 30.9 Å². The average molecular weight is 244 g/mol. The molecule has 15 heavy (non-hydrogen) atoms. The highest BCUT2D eigenvalue weighted by atomic mass is 35.5. The van der Waals surface area contributed by atoms with Crippen molar-refractivity contribution in [3.63, 3.8) is 0 Å². The molecule has 1 unspecified atom stereocenters. The van der Waals surface area contributed by atoms with Gasteiger partial charge in [-0.2, -0.15) is 0 Å². The molecule has 1 N–H and O–H groups in total. The second kappa shape index (κ2) is 6.16. The van der Waals surface area contributed by atoms with E-state index in [0.717, 1.165) is 18.5 Å². The Labute approximate surface area is 101 Å². The smallest absolute Gasteiger partial charge is 0.0643 e. The standard InChI is InChI=1S/C12H15Cl2N/c1-3-8-15-11(4-2)9-6-5-7-10(13)12(9)14/h4-7,11,15H,2-3,8H2,1H3. The molecule has 1 rings (SSSR count). The van der Waals surface area contributed by atoms with Crippen LogP contribution in [0.25, 0.3) is 0 Å². The zero-order valence-corrected chi connectivity index (χ0v) is 10.3. The molecule has 0 heterocycles. The predicted octanol–water partition coefficient (Wildman–Crippen LogP) is 4.22. The molecule has 0 saturated heterocycles. The molecule has 3 heteroatoms. The molecule has 1 atom stereocenters. The van der Waals surface area contributed by atoms with Gasteiger partial charge in [-0.1, -0.05) is 48.3 Å². The van der Waals surface area contributed by atoms with Gasteiger partial charge in [-0.25, -0.2) is 0 Å². The number of hydrogen-bond acceptors (Lipinski definition) is 1. The third-order valence-corrected chi connectivity index (χ3v) is 3.00. The highest BCUT2D eigenvalue weighted by Crippen LogP contribution is 2.30. The summed E-state index contributed by atoms with van der Waals surface area (Å²) in [5.74, 6) is 0. The Hall–Kier alpha value is -0.500. The predicted molar refractivity (Wildman–Crippen MR) is 67.7 cm³/mol. The normalized spacial score (nSPS) is 12.5. The van der Waals surface area contributed by atoms with Crippen molar-refractivity contribution in [1.29, 1.82) is 0 Å². The van der Waals surface area contributed by atoms with E-state index < -0.39 is 0 Å². The van der Waals surface area contributed by atoms with E-state index in [1.165, 1.54) is 0 Å². The van der Waals surface area contributed by atoms with Crippen molar-refractivity contribution in [3.8, 4) is 0 Å². The quantitative estimate of drug-likeness (QED) is 0.764. The molecular formula is C12H15Cl2N. The van der Waals surface area contributed by atoms with E-state index in [2.05, 4.69) is 18.8 Å². The molecule has 0 bridgehead atoms. The Bertz CT molecular complexity index is 336. The molecule has 0 saturated carbocycles. The number of hydrogen-bond donors (Lipinski definition) is 1. The monoisotopic (exact) mass is 243 g/mol. The van der Waals surface area contributed by atoms with Gasteiger partial charge in [0, 0.05) is 0 Å². The molecule has 0 radical (unpaired) electrons. The summed E-state index contributed by atoms with van der Waals surface area (Å²) in [4.78, 5) is 0. The first-order valence-corrected chi connectivity index (χ1v) is 5.76. The van der Waals surface area contributed by atoms with Gasteiger partial charge < -0.3 is 5.32 Å². The SMILES string of the molecule is C=CC(NCCC)c1cccc(Cl)c1Cl. The van der Waals surface area contributed by atoms with Crippen molar-refractivity contribution in [1.82, 2.24) is 5.32 Å². The second-order valence-corrected chi connectivity index (χ2v) is 4.10. The Morgan fingerprint density at radius 3 is 2.80 bits per heavy atom. The van der Waals surface area contributed by atoms with E-state index in [-0.39, 0.29) is 6.04 Å². The van der Waals surface area contributed by atoms with Gasteiger partial charge in [0.25, 0.3) is 0 Å². The third kappa shape index (κ3) is 3.23. The lowest BCUT2D eigenvalue weighted by atomic mass is 10.1. The fraction of sp³-hybridized carbons (Fsp3) is 0.333. The van der Waals surface area contributed by atoms with Crippen LogP contribution in [-0.2, 0) is 0 Å². The Morgan fingerprint density at radius 1 is 1.47 bits per heavy atom. The van der Waals surface area contributed by atoms with Crippen LogP contribution in [-0.4, -0.2) is 6.54 Å². The lowest BCUT2D eigenvalue weighted by Gasteiger charge is -2.16. The van der Waals surface area contributed by atoms with Crippen LogP contribution in [0.4, 0.5) is 0 Å². The van der Waals surface area contributed by atoms with Gasteiger partial charge in [0.05, 0.1) is 16.1 Å². The maximum atomic E-state index is 6.13. The lowest BCUT2D eigenvalue weighted by molar-refractivity contribution is 0.614. The third-order valence-electron chi connectivity index (χ3n) is 2.17. The number of nitrogens with one attached hydrogen (secondary N) is 1. The Kier molecular flexibility index (Phi) is 5.16. The number of rotatable bonds is 5. The van der Waals surface area contributed by atoms with Gasteiger partial charge in [0.15, 0.2) is 0 Å². The van der Waals surface area contributed by atoms with Gasteiger partial charge in [0.2, 0.25) is 0 Å². The van der Waals surface area contributed by atoms with Crippen LogP contribution in [0, 0.1) is 0 Å². The highest BCUT2D eigenvalue weighted by molar-refractivity contribution is 6.42. The molecule has 0 aliphatic heterocycles. The van der Waals surface area contributed by atoms with Crippen LogP contribution in [0.3, 0.4) is 0 Å². The van der Waals surface area contributed by atoms with E-state index in [9.17, 15) is 0 Å². The molecule has 0 spiro atoms. The maximum absolute atomic E-state index is 6.13. The van der Waals surface area contributed by atoms with Gasteiger partial charge in [-0.15, -0.1) is 6.58 Å². The van der Waals surface area contributed by atoms with Gasteiger partial charge >= 0.3 is 0 Å². The minimum Gasteiger partial charge on any atom is -0.307 e. The minimum absolute atomic E-state index is 0.0659. The minimum atomic E-state index is 0.0659. The Morgan fingerprint density at radius 2 is 2.20 bits per heavy atom. The van der Waals surface area contributed by atoms with Gasteiger partial charge in [-0.3, -0.25) is 0 Å². The zero-order chi connectivity index (χ0) is 11.3. The van der Waals surface area contributed by atoms with Crippen molar-refractivity contribution < 1.29 is 0 Å². The highest BCUT2D eigenvalue weighted by Gasteiger charge is 2.11. The summed E-state index contributed by atoms with van der Waals surface area (Å²) < 4.78 is 0. The van der Waals surface area contributed by atoms with Crippen molar-refractivity contribution in [2.24, 2.45) is 0 Å². The largest absolute Gasteiger partial charge is 0.307 e. The van der Waals surface area contributed by atoms with E-state index in [0.29, 0.717) is 10.0 Å². The molecule has 0 aromatic heterocycles. The number of benzene rings is 1. The van der Waals surface area contributed by atoms with Crippen LogP contribution >= 0.6 is 23.2 Å². The number of halogens is 2. The summed E-state index contributed by atoms with van der Waals surface area (Å²) in [5.41, 5.74) is 0.979. The van der Waals surface area contributed by atoms with Gasteiger partial charge in [0.1, 0.15) is 0 Å². The fourth-order valence-corrected chi connectivity index (χ4v) is 1.81. The van der Waals surface area contributed by atoms with E-state index in [4.69, 9.17) is 23.2 Å². The molecule has 0 aliphatic rings. The first-order chi connectivity index (χ1) is 7.20. The molecule has 1 nitrogen and oxygen atoms in total. The van der Waals surface area contributed by atoms with Gasteiger partial charge in [-0.05, 0) is 24.6 Å². The zero-order valence-electron chi connectivity index (χ0n) is 8.76. The second-order valence-electron chi connectivity index (χ2n) is 3.31. The summed E-state index contributed by atoms with van der Waals surface area (Å²) in [5, 5.41) is 4.53. The van der Waals surface area contributed by atoms with Crippen molar-refractivity contribution in [2.45, 2.75) is 19.4 Å². The first kappa shape index (κ1) is 12.6. The molecule has 0 aliphatic carbocycles. The van der Waals surface area contributed by atoms with E-state index in [1.54, 1.807) is 6.07 Å². The van der Waals surface area contributed by atoms with E-state index >= 15 is 0 Å². The molecule has 1 aromatic rings. The van der Waals surface area contributed by atoms with Crippen LogP contribution in [0.5, 0.6) is 0 Å². The molecule has 1 aromatic carbocycles. The maximum Gasteiger partial charge on any atom is 0.0643 e. The molecule has 0 fully saturated rings. The van der Waals surface area contributed by atoms with Crippen LogP contribution < -0.4 is 5.32 Å². The molecule has 82 valence electrons. The van der Waals surface area contributed by atoms with Crippen molar-refractivity contribution in [2.75, 3.05) is 6.54 Å². The summed E-state index contributed by atoms with van der Waals surface area (Å²) >= 11 is 12.1. The van der Waals surface area contributed by atoms with Crippen molar-refractivity contribution in [3.05, 3.63) is 46.5 Å². The molecular weight excluding hydrogens is 229 g/mol. The van der Waals surface area contributed by atoms with Crippen LogP contribution in [0.2, 0.25) is 10.0 Å². The first-order valence-electron chi connectivity index (χ1n) is 5.00. The van der Waals surface area contributed by atoms with E-state index in [1.807, 2.05) is 18.2 Å². The average Bonchev–Trinajstić information content (AvgIpc) is 2.25. The summed E-state index contributed by atoms with van der Waals surface area (Å²) in [6.07, 6.45) is 2.91. The topological polar surface area (TPSA) is 12.0 Å². The summed E-state index contributed by atoms with van der Waals surface area (Å²) in [6, 6.07) is 5.71. The lowest BCUT2D eigenvalue weighted by Crippen LogP contribution is -2.20. The summed E-state index contributed by atoms with van der Waals surface area (Å²) in [6.45, 7) is 6.84. The molecule has 0 amide bonds. The van der Waals surface area contributed by atoms with Crippen LogP contribution in [0.1, 0.15) is 24.9 Å². The fourth-order valence-electron chi connectivity index (χ4n) is 1.38. The van der Waals surface area contributed by atoms with Crippen molar-refractivity contribution >= 4 is 23.2 Å². The Balaban J connectivity index is 2.91. The summed E-state index contributed by atoms with van der Waals surface area (Å²) in [7, 11) is 0.